The maximum absolute atomic E-state index is 13.2. The fourth-order valence-corrected chi connectivity index (χ4v) is 1.68. The highest BCUT2D eigenvalue weighted by atomic mass is 19.1. The van der Waals surface area contributed by atoms with Crippen LogP contribution in [-0.2, 0) is 0 Å². The standard InChI is InChI=1S/C15H11FO/c1-3-11-7-8-15(17-2)14(9-11)12-5-4-6-13(16)10-12/h1,4-10H,2H3. The lowest BCUT2D eigenvalue weighted by molar-refractivity contribution is 0.416. The van der Waals surface area contributed by atoms with Crippen LogP contribution in [0, 0.1) is 18.2 Å². The van der Waals surface area contributed by atoms with E-state index in [-0.39, 0.29) is 5.82 Å². The molecular weight excluding hydrogens is 215 g/mol. The highest BCUT2D eigenvalue weighted by Crippen LogP contribution is 2.30. The Morgan fingerprint density at radius 2 is 2.00 bits per heavy atom. The van der Waals surface area contributed by atoms with Crippen molar-refractivity contribution >= 4 is 0 Å². The van der Waals surface area contributed by atoms with Crippen molar-refractivity contribution in [2.75, 3.05) is 7.11 Å². The number of methoxy groups -OCH3 is 1. The lowest BCUT2D eigenvalue weighted by Gasteiger charge is -2.09. The monoisotopic (exact) mass is 226 g/mol. The van der Waals surface area contributed by atoms with E-state index in [1.54, 1.807) is 25.3 Å². The van der Waals surface area contributed by atoms with Gasteiger partial charge in [-0.25, -0.2) is 4.39 Å². The average molecular weight is 226 g/mol. The lowest BCUT2D eigenvalue weighted by Crippen LogP contribution is -1.89. The summed E-state index contributed by atoms with van der Waals surface area (Å²) in [6.07, 6.45) is 5.35. The van der Waals surface area contributed by atoms with E-state index in [0.717, 1.165) is 16.7 Å². The Hall–Kier alpha value is -2.27. The Balaban J connectivity index is 2.61. The molecule has 0 heterocycles. The van der Waals surface area contributed by atoms with Crippen LogP contribution in [0.1, 0.15) is 5.56 Å². The van der Waals surface area contributed by atoms with Gasteiger partial charge in [-0.1, -0.05) is 18.1 Å². The van der Waals surface area contributed by atoms with Crippen LogP contribution < -0.4 is 4.74 Å². The highest BCUT2D eigenvalue weighted by Gasteiger charge is 2.07. The molecule has 84 valence electrons. The number of hydrogen-bond acceptors (Lipinski definition) is 1. The molecular formula is C15H11FO. The van der Waals surface area contributed by atoms with Gasteiger partial charge in [-0.15, -0.1) is 6.42 Å². The van der Waals surface area contributed by atoms with Crippen molar-refractivity contribution in [1.82, 2.24) is 0 Å². The summed E-state index contributed by atoms with van der Waals surface area (Å²) in [7, 11) is 1.58. The average Bonchev–Trinajstić information content (AvgIpc) is 2.38. The fourth-order valence-electron chi connectivity index (χ4n) is 1.68. The Labute approximate surface area is 99.9 Å². The quantitative estimate of drug-likeness (QED) is 0.712. The minimum Gasteiger partial charge on any atom is -0.496 e. The maximum atomic E-state index is 13.2. The van der Waals surface area contributed by atoms with E-state index >= 15 is 0 Å². The minimum atomic E-state index is -0.282. The molecule has 2 rings (SSSR count). The van der Waals surface area contributed by atoms with Gasteiger partial charge >= 0.3 is 0 Å². The van der Waals surface area contributed by atoms with Gasteiger partial charge in [0.2, 0.25) is 0 Å². The van der Waals surface area contributed by atoms with E-state index in [1.807, 2.05) is 12.1 Å². The molecule has 0 saturated heterocycles. The van der Waals surface area contributed by atoms with Gasteiger partial charge in [0, 0.05) is 11.1 Å². The van der Waals surface area contributed by atoms with Crippen molar-refractivity contribution < 1.29 is 9.13 Å². The van der Waals surface area contributed by atoms with Gasteiger partial charge in [0.05, 0.1) is 7.11 Å². The Morgan fingerprint density at radius 3 is 2.65 bits per heavy atom. The predicted octanol–water partition coefficient (Wildman–Crippen LogP) is 3.48. The molecule has 17 heavy (non-hydrogen) atoms. The minimum absolute atomic E-state index is 0.282. The molecule has 0 N–H and O–H groups in total. The van der Waals surface area contributed by atoms with E-state index in [4.69, 9.17) is 11.2 Å². The third-order valence-corrected chi connectivity index (χ3v) is 2.50. The zero-order chi connectivity index (χ0) is 12.3. The second-order valence-electron chi connectivity index (χ2n) is 3.57. The summed E-state index contributed by atoms with van der Waals surface area (Å²) in [5.74, 6) is 2.95. The molecule has 2 aromatic rings. The van der Waals surface area contributed by atoms with E-state index in [0.29, 0.717) is 5.75 Å². The van der Waals surface area contributed by atoms with Crippen molar-refractivity contribution in [3.8, 4) is 29.2 Å². The zero-order valence-corrected chi connectivity index (χ0v) is 9.41. The van der Waals surface area contributed by atoms with Gasteiger partial charge in [0.1, 0.15) is 11.6 Å². The van der Waals surface area contributed by atoms with Crippen molar-refractivity contribution in [3.05, 3.63) is 53.8 Å². The molecule has 0 unspecified atom stereocenters. The van der Waals surface area contributed by atoms with Gasteiger partial charge in [-0.3, -0.25) is 0 Å². The molecule has 0 saturated carbocycles. The lowest BCUT2D eigenvalue weighted by atomic mass is 10.0. The second-order valence-corrected chi connectivity index (χ2v) is 3.57. The Kier molecular flexibility index (Phi) is 3.11. The van der Waals surface area contributed by atoms with E-state index in [1.165, 1.54) is 12.1 Å². The molecule has 2 heteroatoms. The fraction of sp³-hybridized carbons (Fsp3) is 0.0667. The first-order valence-electron chi connectivity index (χ1n) is 5.15. The molecule has 0 aliphatic carbocycles. The first-order chi connectivity index (χ1) is 8.24. The van der Waals surface area contributed by atoms with Crippen molar-refractivity contribution in [1.29, 1.82) is 0 Å². The Bertz CT molecular complexity index is 582. The van der Waals surface area contributed by atoms with Crippen LogP contribution in [0.3, 0.4) is 0 Å². The van der Waals surface area contributed by atoms with Crippen LogP contribution in [0.2, 0.25) is 0 Å². The maximum Gasteiger partial charge on any atom is 0.126 e. The summed E-state index contributed by atoms with van der Waals surface area (Å²) < 4.78 is 18.4. The van der Waals surface area contributed by atoms with Crippen LogP contribution in [-0.4, -0.2) is 7.11 Å². The van der Waals surface area contributed by atoms with E-state index in [2.05, 4.69) is 5.92 Å². The van der Waals surface area contributed by atoms with Crippen LogP contribution in [0.5, 0.6) is 5.75 Å². The number of benzene rings is 2. The third kappa shape index (κ3) is 2.29. The predicted molar refractivity (Wildman–Crippen MR) is 66.3 cm³/mol. The molecule has 0 atom stereocenters. The van der Waals surface area contributed by atoms with Crippen LogP contribution in [0.25, 0.3) is 11.1 Å². The van der Waals surface area contributed by atoms with Gasteiger partial charge in [-0.05, 0) is 35.9 Å². The largest absolute Gasteiger partial charge is 0.496 e. The third-order valence-electron chi connectivity index (χ3n) is 2.50. The van der Waals surface area contributed by atoms with Crippen molar-refractivity contribution in [2.24, 2.45) is 0 Å². The van der Waals surface area contributed by atoms with E-state index in [9.17, 15) is 4.39 Å². The zero-order valence-electron chi connectivity index (χ0n) is 9.41. The molecule has 0 fully saturated rings. The number of terminal acetylenes is 1. The molecule has 1 nitrogen and oxygen atoms in total. The van der Waals surface area contributed by atoms with Gasteiger partial charge < -0.3 is 4.74 Å². The topological polar surface area (TPSA) is 9.23 Å². The van der Waals surface area contributed by atoms with Gasteiger partial charge in [-0.2, -0.15) is 0 Å². The molecule has 0 spiro atoms. The normalized spacial score (nSPS) is 9.71. The molecule has 0 amide bonds. The number of hydrogen-bond donors (Lipinski definition) is 0. The molecule has 0 aliphatic rings. The van der Waals surface area contributed by atoms with Gasteiger partial charge in [0.15, 0.2) is 0 Å². The number of rotatable bonds is 2. The molecule has 2 aromatic carbocycles. The summed E-state index contributed by atoms with van der Waals surface area (Å²) in [6, 6.07) is 11.7. The first kappa shape index (κ1) is 11.2. The van der Waals surface area contributed by atoms with Crippen LogP contribution in [0.4, 0.5) is 4.39 Å². The summed E-state index contributed by atoms with van der Waals surface area (Å²) in [5, 5.41) is 0. The molecule has 0 radical (unpaired) electrons. The molecule has 0 aromatic heterocycles. The van der Waals surface area contributed by atoms with Crippen molar-refractivity contribution in [2.45, 2.75) is 0 Å². The SMILES string of the molecule is C#Cc1ccc(OC)c(-c2cccc(F)c2)c1. The number of halogens is 1. The summed E-state index contributed by atoms with van der Waals surface area (Å²) in [4.78, 5) is 0. The van der Waals surface area contributed by atoms with Crippen LogP contribution in [0.15, 0.2) is 42.5 Å². The Morgan fingerprint density at radius 1 is 1.18 bits per heavy atom. The first-order valence-corrected chi connectivity index (χ1v) is 5.15. The number of ether oxygens (including phenoxy) is 1. The summed E-state index contributed by atoms with van der Waals surface area (Å²) >= 11 is 0. The molecule has 0 bridgehead atoms. The second kappa shape index (κ2) is 4.71. The highest BCUT2D eigenvalue weighted by molar-refractivity contribution is 5.72. The summed E-state index contributed by atoms with van der Waals surface area (Å²) in [6.45, 7) is 0. The van der Waals surface area contributed by atoms with E-state index < -0.39 is 0 Å². The summed E-state index contributed by atoms with van der Waals surface area (Å²) in [5.41, 5.74) is 2.28. The van der Waals surface area contributed by atoms with Gasteiger partial charge in [0.25, 0.3) is 0 Å². The van der Waals surface area contributed by atoms with Crippen LogP contribution >= 0.6 is 0 Å². The van der Waals surface area contributed by atoms with Crippen molar-refractivity contribution in [3.63, 3.8) is 0 Å². The molecule has 0 aliphatic heterocycles. The smallest absolute Gasteiger partial charge is 0.126 e.